The van der Waals surface area contributed by atoms with E-state index in [-0.39, 0.29) is 22.0 Å². The third-order valence-electron chi connectivity index (χ3n) is 18.7. The third-order valence-corrected chi connectivity index (χ3v) is 19.0. The van der Waals surface area contributed by atoms with Crippen molar-refractivity contribution in [1.29, 1.82) is 0 Å². The van der Waals surface area contributed by atoms with Gasteiger partial charge in [-0.05, 0) is 161 Å². The Balaban J connectivity index is 0.000000135. The monoisotopic (exact) mass is 1120 g/mol. The molecule has 4 aromatic heterocycles. The van der Waals surface area contributed by atoms with Gasteiger partial charge in [-0.15, -0.1) is 0 Å². The largest absolute Gasteiger partial charge is 0.494 e. The van der Waals surface area contributed by atoms with Crippen molar-refractivity contribution < 1.29 is 9.31 Å². The van der Waals surface area contributed by atoms with Crippen molar-refractivity contribution in [2.45, 2.75) is 119 Å². The maximum atomic E-state index is 6.42. The lowest BCUT2D eigenvalue weighted by Crippen LogP contribution is -2.41. The van der Waals surface area contributed by atoms with E-state index in [4.69, 9.17) is 25.9 Å². The second-order valence-electron chi connectivity index (χ2n) is 25.2. The van der Waals surface area contributed by atoms with E-state index in [1.54, 1.807) is 0 Å². The van der Waals surface area contributed by atoms with Gasteiger partial charge in [-0.3, -0.25) is 0 Å². The van der Waals surface area contributed by atoms with Gasteiger partial charge >= 0.3 is 7.12 Å². The van der Waals surface area contributed by atoms with Gasteiger partial charge in [0.15, 0.2) is 0 Å². The molecule has 0 atom stereocenters. The van der Waals surface area contributed by atoms with Crippen LogP contribution in [0.5, 0.6) is 0 Å². The van der Waals surface area contributed by atoms with Crippen LogP contribution in [0.3, 0.4) is 0 Å². The number of rotatable bonds is 4. The molecule has 0 spiro atoms. The normalized spacial score (nSPS) is 15.6. The molecule has 0 amide bonds. The minimum atomic E-state index is -0.399. The molecule has 12 aromatic rings. The molecule has 84 heavy (non-hydrogen) atoms. The van der Waals surface area contributed by atoms with Crippen LogP contribution in [-0.2, 0) is 20.1 Å². The summed E-state index contributed by atoms with van der Waals surface area (Å²) < 4.78 is 17.8. The number of hydrogen-bond acceptors (Lipinski definition) is 6. The molecule has 1 fully saturated rings. The Hall–Kier alpha value is -8.21. The molecule has 0 N–H and O–H groups in total. The van der Waals surface area contributed by atoms with Crippen LogP contribution >= 0.6 is 11.6 Å². The molecule has 0 unspecified atom stereocenters. The second-order valence-corrected chi connectivity index (χ2v) is 25.5. The van der Waals surface area contributed by atoms with Crippen molar-refractivity contribution in [1.82, 2.24) is 29.1 Å². The number of hydrogen-bond donors (Lipinski definition) is 0. The molecule has 0 bridgehead atoms. The van der Waals surface area contributed by atoms with Gasteiger partial charge < -0.3 is 18.4 Å². The average molecular weight is 1120 g/mol. The molecule has 3 aliphatic rings. The minimum absolute atomic E-state index is 0.105. The van der Waals surface area contributed by atoms with Gasteiger partial charge in [-0.25, -0.2) is 19.9 Å². The Bertz CT molecular complexity index is 4640. The number of benzene rings is 8. The molecule has 418 valence electrons. The smallest absolute Gasteiger partial charge is 0.399 e. The molecule has 8 nitrogen and oxygen atoms in total. The summed E-state index contributed by atoms with van der Waals surface area (Å²) in [5.41, 5.74) is 24.5. The van der Waals surface area contributed by atoms with E-state index in [1.165, 1.54) is 88.1 Å². The van der Waals surface area contributed by atoms with Gasteiger partial charge in [-0.2, -0.15) is 0 Å². The van der Waals surface area contributed by atoms with Gasteiger partial charge in [0.05, 0.1) is 39.0 Å². The van der Waals surface area contributed by atoms with Gasteiger partial charge in [0.25, 0.3) is 0 Å². The van der Waals surface area contributed by atoms with Gasteiger partial charge in [0.1, 0.15) is 16.8 Å². The van der Waals surface area contributed by atoms with E-state index in [1.807, 2.05) is 27.7 Å². The summed E-state index contributed by atoms with van der Waals surface area (Å²) in [7, 11) is -0.399. The maximum absolute atomic E-state index is 6.42. The van der Waals surface area contributed by atoms with Crippen LogP contribution in [0.15, 0.2) is 170 Å². The summed E-state index contributed by atoms with van der Waals surface area (Å²) in [6, 6.07) is 62.0. The number of para-hydroxylation sites is 2. The zero-order valence-electron chi connectivity index (χ0n) is 50.6. The summed E-state index contributed by atoms with van der Waals surface area (Å²) >= 11 is 5.77. The predicted octanol–water partition coefficient (Wildman–Crippen LogP) is 17.9. The highest BCUT2D eigenvalue weighted by Crippen LogP contribution is 2.55. The fourth-order valence-electron chi connectivity index (χ4n) is 13.5. The molecule has 10 heteroatoms. The Kier molecular flexibility index (Phi) is 13.1. The van der Waals surface area contributed by atoms with Crippen molar-refractivity contribution in [2.24, 2.45) is 0 Å². The first kappa shape index (κ1) is 55.0. The SMILES string of the molecule is CC1(C)c2ccccc2-c2ccc3c4ccccc4n(-c4cccc(B5OC(C)(C)C(C)(C)O5)c4)c3c21.Cc1nc(C)c(C)c(-c2cccc(-n3c4ccccc4c4ccc5c(c43)C(C)(C)c3ccccc3-5)c2)n1.Cc1nc(C)c(C)c(Cl)n1. The Morgan fingerprint density at radius 2 is 0.869 bits per heavy atom. The predicted molar refractivity (Wildman–Crippen MR) is 349 cm³/mol. The van der Waals surface area contributed by atoms with Crippen molar-refractivity contribution in [3.05, 3.63) is 231 Å². The number of aromatic nitrogens is 6. The summed E-state index contributed by atoms with van der Waals surface area (Å²) in [4.78, 5) is 17.5. The number of nitrogens with zero attached hydrogens (tertiary/aromatic N) is 6. The summed E-state index contributed by atoms with van der Waals surface area (Å²) in [5.74, 6) is 1.53. The fraction of sp³-hybridized carbons (Fsp3) is 0.243. The van der Waals surface area contributed by atoms with Crippen molar-refractivity contribution in [3.8, 4) is 44.9 Å². The molecular weight excluding hydrogens is 1050 g/mol. The van der Waals surface area contributed by atoms with E-state index < -0.39 is 7.12 Å². The highest BCUT2D eigenvalue weighted by atomic mass is 35.5. The Labute approximate surface area is 498 Å². The van der Waals surface area contributed by atoms with E-state index >= 15 is 0 Å². The summed E-state index contributed by atoms with van der Waals surface area (Å²) in [6.07, 6.45) is 0. The van der Waals surface area contributed by atoms with Crippen LogP contribution in [0.2, 0.25) is 5.15 Å². The first-order chi connectivity index (χ1) is 40.1. The maximum Gasteiger partial charge on any atom is 0.494 e. The van der Waals surface area contributed by atoms with Crippen LogP contribution in [-0.4, -0.2) is 47.4 Å². The topological polar surface area (TPSA) is 79.9 Å². The van der Waals surface area contributed by atoms with Crippen molar-refractivity contribution >= 4 is 67.8 Å². The molecular formula is C74H70BClN6O2. The van der Waals surface area contributed by atoms with Crippen LogP contribution < -0.4 is 5.46 Å². The lowest BCUT2D eigenvalue weighted by molar-refractivity contribution is 0.00578. The number of fused-ring (bicyclic) bond motifs is 14. The molecule has 8 aromatic carbocycles. The van der Waals surface area contributed by atoms with E-state index in [0.29, 0.717) is 5.15 Å². The fourth-order valence-corrected chi connectivity index (χ4v) is 13.8. The lowest BCUT2D eigenvalue weighted by Gasteiger charge is -2.32. The molecule has 5 heterocycles. The molecule has 1 aliphatic heterocycles. The van der Waals surface area contributed by atoms with Crippen molar-refractivity contribution in [2.75, 3.05) is 0 Å². The molecule has 0 radical (unpaired) electrons. The Morgan fingerprint density at radius 3 is 1.39 bits per heavy atom. The number of aryl methyl sites for hydroxylation is 4. The van der Waals surface area contributed by atoms with Crippen molar-refractivity contribution in [3.63, 3.8) is 0 Å². The Morgan fingerprint density at radius 1 is 0.417 bits per heavy atom. The van der Waals surface area contributed by atoms with Crippen LogP contribution in [0, 0.1) is 41.5 Å². The highest BCUT2D eigenvalue weighted by Gasteiger charge is 2.52. The van der Waals surface area contributed by atoms with Crippen LogP contribution in [0.25, 0.3) is 88.5 Å². The quantitative estimate of drug-likeness (QED) is 0.129. The molecule has 0 saturated carbocycles. The zero-order valence-corrected chi connectivity index (χ0v) is 51.4. The standard InChI is InChI=1S/C34H29N3.C33H32BNO2.C7H9ClN2/c1-20-21(2)35-22(3)36-32(20)23-11-10-12-24(19-23)37-30-16-9-7-14-26(30)28-18-17-27-25-13-6-8-15-29(25)34(4,5)31(27)33(28)37;1-31(2)27-16-9-7-14-23(27)25-18-19-26-24-15-8-10-17-28(24)35(30(26)29(25)31)22-13-11-12-21(20-22)34-36-32(3,4)33(5,6)37-34;1-4-5(2)9-6(3)10-7(4)8/h6-19H,1-5H3;7-20H,1-6H3;1-3H3. The first-order valence-corrected chi connectivity index (χ1v) is 29.6. The van der Waals surface area contributed by atoms with E-state index in [0.717, 1.165) is 62.3 Å². The van der Waals surface area contributed by atoms with Crippen LogP contribution in [0.4, 0.5) is 0 Å². The number of halogens is 1. The molecule has 2 aliphatic carbocycles. The second kappa shape index (κ2) is 20.0. The van der Waals surface area contributed by atoms with E-state index in [2.05, 4.69) is 263 Å². The van der Waals surface area contributed by atoms with Crippen LogP contribution in [0.1, 0.15) is 112 Å². The molecule has 1 saturated heterocycles. The summed E-state index contributed by atoms with van der Waals surface area (Å²) in [5, 5.41) is 5.70. The third kappa shape index (κ3) is 8.64. The van der Waals surface area contributed by atoms with E-state index in [9.17, 15) is 0 Å². The lowest BCUT2D eigenvalue weighted by atomic mass is 9.79. The first-order valence-electron chi connectivity index (χ1n) is 29.3. The average Bonchev–Trinajstić information content (AvgIpc) is 2.45. The molecule has 15 rings (SSSR count). The van der Waals surface area contributed by atoms with Gasteiger partial charge in [0.2, 0.25) is 0 Å². The highest BCUT2D eigenvalue weighted by molar-refractivity contribution is 6.62. The summed E-state index contributed by atoms with van der Waals surface area (Å²) in [6.45, 7) is 29.7. The van der Waals surface area contributed by atoms with Gasteiger partial charge in [0, 0.05) is 66.3 Å². The minimum Gasteiger partial charge on any atom is -0.399 e. The zero-order chi connectivity index (χ0) is 58.9. The van der Waals surface area contributed by atoms with Gasteiger partial charge in [-0.1, -0.05) is 173 Å².